The lowest BCUT2D eigenvalue weighted by Crippen LogP contribution is -2.44. The smallest absolute Gasteiger partial charge is 0.255 e. The van der Waals surface area contributed by atoms with Gasteiger partial charge in [-0.15, -0.1) is 0 Å². The van der Waals surface area contributed by atoms with Gasteiger partial charge in [0, 0.05) is 25.5 Å². The Morgan fingerprint density at radius 2 is 1.75 bits per heavy atom. The number of rotatable bonds is 5. The van der Waals surface area contributed by atoms with E-state index < -0.39 is 0 Å². The molecule has 1 amide bonds. The maximum absolute atomic E-state index is 12.9. The molecule has 148 valence electrons. The molecule has 1 N–H and O–H groups in total. The van der Waals surface area contributed by atoms with Gasteiger partial charge in [-0.05, 0) is 30.5 Å². The van der Waals surface area contributed by atoms with Crippen molar-refractivity contribution in [1.82, 2.24) is 15.3 Å². The summed E-state index contributed by atoms with van der Waals surface area (Å²) in [5, 5.41) is 3.27. The zero-order valence-corrected chi connectivity index (χ0v) is 16.2. The summed E-state index contributed by atoms with van der Waals surface area (Å²) in [7, 11) is 1.66. The number of carbonyl (C=O) groups is 1. The Hall–Kier alpha value is -2.67. The summed E-state index contributed by atoms with van der Waals surface area (Å²) in [6.07, 6.45) is 7.28. The minimum Gasteiger partial charge on any atom is -0.497 e. The molecule has 2 fully saturated rings. The molecule has 1 saturated heterocycles. The highest BCUT2D eigenvalue weighted by Gasteiger charge is 2.37. The fraction of sp³-hybridized carbons (Fsp3) is 0.476. The molecule has 2 aromatic rings. The Bertz CT molecular complexity index is 795. The number of hydrogen-bond donors (Lipinski definition) is 1. The Morgan fingerprint density at radius 1 is 1.11 bits per heavy atom. The monoisotopic (exact) mass is 382 g/mol. The number of methoxy groups -OCH3 is 1. The first-order valence-corrected chi connectivity index (χ1v) is 9.82. The zero-order valence-electron chi connectivity index (χ0n) is 16.2. The van der Waals surface area contributed by atoms with Gasteiger partial charge in [-0.25, -0.2) is 9.97 Å². The van der Waals surface area contributed by atoms with Crippen molar-refractivity contribution in [3.63, 3.8) is 0 Å². The molecule has 0 radical (unpaired) electrons. The first-order chi connectivity index (χ1) is 13.7. The van der Waals surface area contributed by atoms with E-state index in [-0.39, 0.29) is 11.4 Å². The number of nitrogens with zero attached hydrogens (tertiary/aromatic N) is 3. The molecular formula is C21H26N4O3. The maximum atomic E-state index is 12.9. The highest BCUT2D eigenvalue weighted by atomic mass is 16.5. The number of morpholine rings is 1. The molecule has 28 heavy (non-hydrogen) atoms. The molecule has 7 heteroatoms. The van der Waals surface area contributed by atoms with E-state index in [1.807, 2.05) is 24.3 Å². The fourth-order valence-electron chi connectivity index (χ4n) is 4.03. The highest BCUT2D eigenvalue weighted by Crippen LogP contribution is 2.39. The van der Waals surface area contributed by atoms with Crippen molar-refractivity contribution in [2.24, 2.45) is 0 Å². The molecule has 2 aliphatic rings. The van der Waals surface area contributed by atoms with Crippen LogP contribution in [0.25, 0.3) is 0 Å². The number of anilines is 1. The molecule has 1 aliphatic carbocycles. The Labute approximate surface area is 165 Å². The Morgan fingerprint density at radius 3 is 2.36 bits per heavy atom. The Kier molecular flexibility index (Phi) is 5.43. The number of aromatic nitrogens is 2. The molecule has 1 aromatic heterocycles. The van der Waals surface area contributed by atoms with E-state index in [0.29, 0.717) is 24.7 Å². The quantitative estimate of drug-likeness (QED) is 0.856. The van der Waals surface area contributed by atoms with Crippen molar-refractivity contribution in [3.05, 3.63) is 47.8 Å². The third kappa shape index (κ3) is 3.80. The van der Waals surface area contributed by atoms with E-state index in [2.05, 4.69) is 20.2 Å². The van der Waals surface area contributed by atoms with E-state index in [0.717, 1.165) is 50.1 Å². The Balaban J connectivity index is 1.50. The largest absolute Gasteiger partial charge is 0.497 e. The van der Waals surface area contributed by atoms with E-state index in [1.165, 1.54) is 0 Å². The van der Waals surface area contributed by atoms with Crippen LogP contribution in [-0.4, -0.2) is 49.3 Å². The van der Waals surface area contributed by atoms with Crippen LogP contribution in [0.5, 0.6) is 5.75 Å². The number of benzene rings is 1. The molecule has 0 unspecified atom stereocenters. The van der Waals surface area contributed by atoms with Gasteiger partial charge in [0.2, 0.25) is 5.95 Å². The molecule has 0 bridgehead atoms. The number of amides is 1. The molecule has 2 heterocycles. The predicted molar refractivity (Wildman–Crippen MR) is 106 cm³/mol. The van der Waals surface area contributed by atoms with Gasteiger partial charge in [0.1, 0.15) is 5.75 Å². The van der Waals surface area contributed by atoms with E-state index >= 15 is 0 Å². The van der Waals surface area contributed by atoms with Crippen LogP contribution in [0.15, 0.2) is 36.7 Å². The summed E-state index contributed by atoms with van der Waals surface area (Å²) in [6, 6.07) is 7.98. The van der Waals surface area contributed by atoms with Crippen molar-refractivity contribution >= 4 is 11.9 Å². The summed E-state index contributed by atoms with van der Waals surface area (Å²) in [6.45, 7) is 2.89. The third-order valence-electron chi connectivity index (χ3n) is 5.65. The first-order valence-electron chi connectivity index (χ1n) is 9.82. The van der Waals surface area contributed by atoms with Crippen molar-refractivity contribution < 1.29 is 14.3 Å². The zero-order chi connectivity index (χ0) is 19.4. The van der Waals surface area contributed by atoms with Gasteiger partial charge in [-0.2, -0.15) is 0 Å². The normalized spacial score (nSPS) is 18.7. The van der Waals surface area contributed by atoms with Crippen LogP contribution in [0, 0.1) is 0 Å². The van der Waals surface area contributed by atoms with Crippen LogP contribution in [0.3, 0.4) is 0 Å². The molecule has 1 saturated carbocycles. The second-order valence-electron chi connectivity index (χ2n) is 7.34. The lowest BCUT2D eigenvalue weighted by atomic mass is 9.87. The minimum absolute atomic E-state index is 0.133. The summed E-state index contributed by atoms with van der Waals surface area (Å²) in [5.74, 6) is 1.33. The van der Waals surface area contributed by atoms with Gasteiger partial charge < -0.3 is 19.7 Å². The van der Waals surface area contributed by atoms with Gasteiger partial charge in [-0.1, -0.05) is 25.0 Å². The van der Waals surface area contributed by atoms with Crippen LogP contribution >= 0.6 is 0 Å². The van der Waals surface area contributed by atoms with Crippen LogP contribution in [0.4, 0.5) is 5.95 Å². The van der Waals surface area contributed by atoms with Crippen molar-refractivity contribution in [2.75, 3.05) is 38.3 Å². The second kappa shape index (κ2) is 8.14. The van der Waals surface area contributed by atoms with Gasteiger partial charge in [0.15, 0.2) is 0 Å². The molecule has 0 spiro atoms. The predicted octanol–water partition coefficient (Wildman–Crippen LogP) is 2.52. The van der Waals surface area contributed by atoms with E-state index in [1.54, 1.807) is 19.5 Å². The van der Waals surface area contributed by atoms with Crippen LogP contribution in [0.2, 0.25) is 0 Å². The lowest BCUT2D eigenvalue weighted by molar-refractivity contribution is 0.0897. The fourth-order valence-corrected chi connectivity index (χ4v) is 4.03. The van der Waals surface area contributed by atoms with Gasteiger partial charge in [-0.3, -0.25) is 4.79 Å². The van der Waals surface area contributed by atoms with E-state index in [4.69, 9.17) is 9.47 Å². The van der Waals surface area contributed by atoms with Gasteiger partial charge in [0.25, 0.3) is 5.91 Å². The summed E-state index contributed by atoms with van der Waals surface area (Å²) in [5.41, 5.74) is 1.26. The molecule has 1 aromatic carbocycles. The van der Waals surface area contributed by atoms with Crippen LogP contribution < -0.4 is 15.0 Å². The lowest BCUT2D eigenvalue weighted by Gasteiger charge is -2.31. The van der Waals surface area contributed by atoms with Gasteiger partial charge >= 0.3 is 0 Å². The van der Waals surface area contributed by atoms with Crippen molar-refractivity contribution in [1.29, 1.82) is 0 Å². The summed E-state index contributed by atoms with van der Waals surface area (Å²) < 4.78 is 10.6. The number of hydrogen-bond acceptors (Lipinski definition) is 6. The third-order valence-corrected chi connectivity index (χ3v) is 5.65. The summed E-state index contributed by atoms with van der Waals surface area (Å²) in [4.78, 5) is 23.8. The SMILES string of the molecule is COc1ccc(C2(NC(=O)c3cnc(N4CCOCC4)nc3)CCCC2)cc1. The minimum atomic E-state index is -0.341. The van der Waals surface area contributed by atoms with Crippen LogP contribution in [0.1, 0.15) is 41.6 Å². The number of ether oxygens (including phenoxy) is 2. The number of nitrogens with one attached hydrogen (secondary N) is 1. The van der Waals surface area contributed by atoms with Gasteiger partial charge in [0.05, 0.1) is 31.4 Å². The van der Waals surface area contributed by atoms with Crippen LogP contribution in [-0.2, 0) is 10.3 Å². The topological polar surface area (TPSA) is 76.6 Å². The number of carbonyl (C=O) groups excluding carboxylic acids is 1. The van der Waals surface area contributed by atoms with E-state index in [9.17, 15) is 4.79 Å². The standard InChI is InChI=1S/C21H26N4O3/c1-27-18-6-4-17(5-7-18)21(8-2-3-9-21)24-19(26)16-14-22-20(23-15-16)25-10-12-28-13-11-25/h4-7,14-15H,2-3,8-13H2,1H3,(H,24,26). The van der Waals surface area contributed by atoms with Crippen molar-refractivity contribution in [2.45, 2.75) is 31.2 Å². The first kappa shape index (κ1) is 18.7. The molecule has 7 nitrogen and oxygen atoms in total. The summed E-state index contributed by atoms with van der Waals surface area (Å²) >= 11 is 0. The molecular weight excluding hydrogens is 356 g/mol. The molecule has 4 rings (SSSR count). The maximum Gasteiger partial charge on any atom is 0.255 e. The average molecular weight is 382 g/mol. The molecule has 1 aliphatic heterocycles. The molecule has 0 atom stereocenters. The van der Waals surface area contributed by atoms with Crippen molar-refractivity contribution in [3.8, 4) is 5.75 Å². The second-order valence-corrected chi connectivity index (χ2v) is 7.34. The average Bonchev–Trinajstić information content (AvgIpc) is 3.24. The highest BCUT2D eigenvalue weighted by molar-refractivity contribution is 5.94.